The van der Waals surface area contributed by atoms with Crippen LogP contribution in [0.2, 0.25) is 0 Å². The van der Waals surface area contributed by atoms with Gasteiger partial charge in [0.2, 0.25) is 5.13 Å². The number of hydrogen-bond acceptors (Lipinski definition) is 6. The molecule has 0 N–H and O–H groups in total. The standard InChI is InChI=1S/C22H19F2N3O2S/c1-29-12-16(28)10-15-13-30-22(25-15)27-20(21-17(23)8-5-9-18(21)24)11-19(26-27)14-6-3-2-4-7-14/h2-9,13,20H,10-12H2,1H3. The van der Waals surface area contributed by atoms with Gasteiger partial charge < -0.3 is 4.74 Å². The highest BCUT2D eigenvalue weighted by atomic mass is 32.1. The summed E-state index contributed by atoms with van der Waals surface area (Å²) in [6, 6.07) is 12.7. The molecule has 0 spiro atoms. The van der Waals surface area contributed by atoms with Gasteiger partial charge in [0.25, 0.3) is 0 Å². The highest BCUT2D eigenvalue weighted by Crippen LogP contribution is 2.39. The molecule has 1 atom stereocenters. The van der Waals surface area contributed by atoms with E-state index in [9.17, 15) is 13.6 Å². The Kier molecular flexibility index (Phi) is 5.96. The molecule has 0 saturated carbocycles. The number of hydrazone groups is 1. The van der Waals surface area contributed by atoms with Crippen LogP contribution in [0.5, 0.6) is 0 Å². The van der Waals surface area contributed by atoms with Gasteiger partial charge in [0.05, 0.1) is 23.9 Å². The third-order valence-corrected chi connectivity index (χ3v) is 5.65. The van der Waals surface area contributed by atoms with Crippen molar-refractivity contribution in [1.29, 1.82) is 0 Å². The average Bonchev–Trinajstić information content (AvgIpc) is 3.36. The first-order chi connectivity index (χ1) is 14.6. The molecule has 0 fully saturated rings. The molecule has 2 heterocycles. The van der Waals surface area contributed by atoms with E-state index in [4.69, 9.17) is 4.74 Å². The summed E-state index contributed by atoms with van der Waals surface area (Å²) >= 11 is 1.28. The molecule has 8 heteroatoms. The SMILES string of the molecule is COCC(=O)Cc1csc(N2N=C(c3ccccc3)CC2c2c(F)cccc2F)n1. The van der Waals surface area contributed by atoms with Crippen molar-refractivity contribution in [2.45, 2.75) is 18.9 Å². The van der Waals surface area contributed by atoms with Gasteiger partial charge in [0.15, 0.2) is 5.78 Å². The van der Waals surface area contributed by atoms with Gasteiger partial charge in [-0.3, -0.25) is 4.79 Å². The Morgan fingerprint density at radius 3 is 2.60 bits per heavy atom. The molecule has 1 aliphatic heterocycles. The van der Waals surface area contributed by atoms with Crippen LogP contribution in [0.15, 0.2) is 59.0 Å². The molecule has 5 nitrogen and oxygen atoms in total. The zero-order chi connectivity index (χ0) is 21.1. The lowest BCUT2D eigenvalue weighted by Gasteiger charge is -2.22. The van der Waals surface area contributed by atoms with Gasteiger partial charge >= 0.3 is 0 Å². The molecular formula is C22H19F2N3O2S. The second-order valence-electron chi connectivity index (χ2n) is 6.88. The van der Waals surface area contributed by atoms with Crippen LogP contribution in [-0.2, 0) is 16.0 Å². The zero-order valence-electron chi connectivity index (χ0n) is 16.2. The summed E-state index contributed by atoms with van der Waals surface area (Å²) in [5, 5.41) is 8.44. The number of halogens is 2. The normalized spacial score (nSPS) is 16.0. The molecule has 0 saturated heterocycles. The van der Waals surface area contributed by atoms with Crippen LogP contribution in [0.1, 0.15) is 29.3 Å². The van der Waals surface area contributed by atoms with E-state index in [1.54, 1.807) is 10.4 Å². The van der Waals surface area contributed by atoms with E-state index in [2.05, 4.69) is 10.1 Å². The minimum atomic E-state index is -0.671. The average molecular weight is 427 g/mol. The summed E-state index contributed by atoms with van der Waals surface area (Å²) in [5.41, 5.74) is 2.14. The fraction of sp³-hybridized carbons (Fsp3) is 0.227. The van der Waals surface area contributed by atoms with E-state index in [1.807, 2.05) is 30.3 Å². The Labute approximate surface area is 176 Å². The smallest absolute Gasteiger partial charge is 0.206 e. The number of anilines is 1. The molecule has 3 aromatic rings. The van der Waals surface area contributed by atoms with Crippen molar-refractivity contribution in [3.8, 4) is 0 Å². The topological polar surface area (TPSA) is 54.8 Å². The lowest BCUT2D eigenvalue weighted by Crippen LogP contribution is -2.21. The van der Waals surface area contributed by atoms with E-state index in [0.29, 0.717) is 17.2 Å². The van der Waals surface area contributed by atoms with Gasteiger partial charge in [-0.15, -0.1) is 11.3 Å². The third kappa shape index (κ3) is 4.15. The van der Waals surface area contributed by atoms with E-state index in [0.717, 1.165) is 11.3 Å². The summed E-state index contributed by atoms with van der Waals surface area (Å²) in [5.74, 6) is -1.34. The Morgan fingerprint density at radius 2 is 1.90 bits per heavy atom. The largest absolute Gasteiger partial charge is 0.377 e. The number of carbonyl (C=O) groups is 1. The monoisotopic (exact) mass is 427 g/mol. The van der Waals surface area contributed by atoms with E-state index in [-0.39, 0.29) is 24.4 Å². The molecule has 0 amide bonds. The Balaban J connectivity index is 1.70. The fourth-order valence-electron chi connectivity index (χ4n) is 3.44. The highest BCUT2D eigenvalue weighted by molar-refractivity contribution is 7.13. The number of thiazole rings is 1. The second kappa shape index (κ2) is 8.81. The van der Waals surface area contributed by atoms with Crippen LogP contribution in [0.25, 0.3) is 0 Å². The first-order valence-electron chi connectivity index (χ1n) is 9.38. The first-order valence-corrected chi connectivity index (χ1v) is 10.3. The highest BCUT2D eigenvalue weighted by Gasteiger charge is 2.35. The van der Waals surface area contributed by atoms with Gasteiger partial charge in [-0.05, 0) is 17.7 Å². The van der Waals surface area contributed by atoms with Gasteiger partial charge in [0, 0.05) is 24.5 Å². The van der Waals surface area contributed by atoms with E-state index < -0.39 is 17.7 Å². The number of Topliss-reactive ketones (excluding diaryl/α,β-unsaturated/α-hetero) is 1. The predicted octanol–water partition coefficient (Wildman–Crippen LogP) is 4.54. The maximum Gasteiger partial charge on any atom is 0.206 e. The van der Waals surface area contributed by atoms with Gasteiger partial charge in [0.1, 0.15) is 18.2 Å². The van der Waals surface area contributed by atoms with Gasteiger partial charge in [-0.2, -0.15) is 5.10 Å². The molecule has 1 aromatic heterocycles. The Hall–Kier alpha value is -2.97. The van der Waals surface area contributed by atoms with Crippen molar-refractivity contribution in [2.24, 2.45) is 5.10 Å². The van der Waals surface area contributed by atoms with Crippen molar-refractivity contribution < 1.29 is 18.3 Å². The molecule has 0 bridgehead atoms. The van der Waals surface area contributed by atoms with Crippen molar-refractivity contribution in [3.05, 3.63) is 82.4 Å². The number of carbonyl (C=O) groups excluding carboxylic acids is 1. The van der Waals surface area contributed by atoms with E-state index in [1.165, 1.54) is 36.6 Å². The van der Waals surface area contributed by atoms with Gasteiger partial charge in [-0.25, -0.2) is 18.8 Å². The van der Waals surface area contributed by atoms with Crippen molar-refractivity contribution in [2.75, 3.05) is 18.7 Å². The molecule has 1 aliphatic rings. The number of aromatic nitrogens is 1. The number of ketones is 1. The van der Waals surface area contributed by atoms with Crippen molar-refractivity contribution >= 4 is 28.0 Å². The van der Waals surface area contributed by atoms with Crippen LogP contribution in [0.3, 0.4) is 0 Å². The minimum absolute atomic E-state index is 0.00987. The molecular weight excluding hydrogens is 408 g/mol. The third-order valence-electron chi connectivity index (χ3n) is 4.77. The summed E-state index contributed by atoms with van der Waals surface area (Å²) in [4.78, 5) is 16.3. The van der Waals surface area contributed by atoms with Crippen LogP contribution in [0, 0.1) is 11.6 Å². The molecule has 2 aromatic carbocycles. The molecule has 1 unspecified atom stereocenters. The molecule has 4 rings (SSSR count). The second-order valence-corrected chi connectivity index (χ2v) is 7.72. The van der Waals surface area contributed by atoms with Crippen LogP contribution >= 0.6 is 11.3 Å². The fourth-order valence-corrected chi connectivity index (χ4v) is 4.27. The first kappa shape index (κ1) is 20.3. The number of benzene rings is 2. The number of nitrogens with zero attached hydrogens (tertiary/aromatic N) is 3. The Bertz CT molecular complexity index is 1060. The van der Waals surface area contributed by atoms with Crippen LogP contribution in [-0.4, -0.2) is 30.2 Å². The van der Waals surface area contributed by atoms with E-state index >= 15 is 0 Å². The van der Waals surface area contributed by atoms with Crippen molar-refractivity contribution in [3.63, 3.8) is 0 Å². The number of methoxy groups -OCH3 is 1. The maximum absolute atomic E-state index is 14.6. The predicted molar refractivity (Wildman–Crippen MR) is 112 cm³/mol. The molecule has 154 valence electrons. The summed E-state index contributed by atoms with van der Waals surface area (Å²) in [6.45, 7) is 0.00987. The number of hydrogen-bond donors (Lipinski definition) is 0. The Morgan fingerprint density at radius 1 is 1.17 bits per heavy atom. The van der Waals surface area contributed by atoms with Crippen LogP contribution in [0.4, 0.5) is 13.9 Å². The lowest BCUT2D eigenvalue weighted by atomic mass is 9.98. The zero-order valence-corrected chi connectivity index (χ0v) is 17.0. The summed E-state index contributed by atoms with van der Waals surface area (Å²) < 4.78 is 34.0. The van der Waals surface area contributed by atoms with Crippen LogP contribution < -0.4 is 5.01 Å². The number of ether oxygens (including phenoxy) is 1. The number of rotatable bonds is 7. The molecule has 30 heavy (non-hydrogen) atoms. The van der Waals surface area contributed by atoms with Gasteiger partial charge in [-0.1, -0.05) is 36.4 Å². The summed E-state index contributed by atoms with van der Waals surface area (Å²) in [6.07, 6.45) is 0.464. The lowest BCUT2D eigenvalue weighted by molar-refractivity contribution is -0.122. The van der Waals surface area contributed by atoms with Crippen molar-refractivity contribution in [1.82, 2.24) is 4.98 Å². The summed E-state index contributed by atoms with van der Waals surface area (Å²) in [7, 11) is 1.46. The molecule has 0 aliphatic carbocycles. The quantitative estimate of drug-likeness (QED) is 0.556. The molecule has 0 radical (unpaired) electrons. The maximum atomic E-state index is 14.6. The minimum Gasteiger partial charge on any atom is -0.377 e.